The van der Waals surface area contributed by atoms with Crippen molar-refractivity contribution < 1.29 is 80.2 Å². The Morgan fingerprint density at radius 2 is 0.586 bits per heavy atom. The van der Waals surface area contributed by atoms with E-state index in [-0.39, 0.29) is 25.7 Å². The van der Waals surface area contributed by atoms with E-state index in [1.165, 1.54) is 135 Å². The molecule has 0 heterocycles. The summed E-state index contributed by atoms with van der Waals surface area (Å²) in [6.45, 7) is 9.50. The van der Waals surface area contributed by atoms with E-state index >= 15 is 0 Å². The molecule has 0 aliphatic carbocycles. The predicted octanol–water partition coefficient (Wildman–Crippen LogP) is 19.2. The zero-order valence-electron chi connectivity index (χ0n) is 56.3. The summed E-state index contributed by atoms with van der Waals surface area (Å²) in [5, 5.41) is 10.5. The zero-order chi connectivity index (χ0) is 64.3. The normalized spacial score (nSPS) is 14.5. The molecule has 0 aliphatic heterocycles. The maximum absolute atomic E-state index is 13.0. The number of esters is 4. The van der Waals surface area contributed by atoms with Crippen molar-refractivity contribution in [2.75, 3.05) is 39.6 Å². The van der Waals surface area contributed by atoms with E-state index in [4.69, 9.17) is 37.0 Å². The molecule has 0 bridgehead atoms. The molecular formula is C68H132O17P2. The van der Waals surface area contributed by atoms with Gasteiger partial charge >= 0.3 is 39.5 Å². The summed E-state index contributed by atoms with van der Waals surface area (Å²) < 4.78 is 68.0. The first-order valence-electron chi connectivity index (χ1n) is 35.5. The fraction of sp³-hybridized carbons (Fsp3) is 0.941. The number of ether oxygens (including phenoxy) is 4. The van der Waals surface area contributed by atoms with Crippen LogP contribution in [0.15, 0.2) is 0 Å². The van der Waals surface area contributed by atoms with Gasteiger partial charge in [0.15, 0.2) is 12.2 Å². The third-order valence-corrected chi connectivity index (χ3v) is 18.0. The van der Waals surface area contributed by atoms with Gasteiger partial charge in [-0.15, -0.1) is 0 Å². The van der Waals surface area contributed by atoms with Gasteiger partial charge in [-0.25, -0.2) is 9.13 Å². The molecule has 17 nitrogen and oxygen atoms in total. The highest BCUT2D eigenvalue weighted by Crippen LogP contribution is 2.45. The summed E-state index contributed by atoms with van der Waals surface area (Å²) in [6.07, 6.45) is 44.7. The van der Waals surface area contributed by atoms with E-state index in [1.54, 1.807) is 0 Å². The first kappa shape index (κ1) is 85.1. The lowest BCUT2D eigenvalue weighted by Gasteiger charge is -2.21. The molecule has 0 fully saturated rings. The Labute approximate surface area is 530 Å². The molecule has 0 saturated heterocycles. The van der Waals surface area contributed by atoms with Crippen molar-refractivity contribution >= 4 is 39.5 Å². The Bertz CT molecular complexity index is 1700. The van der Waals surface area contributed by atoms with Crippen LogP contribution in [0, 0.1) is 11.8 Å². The highest BCUT2D eigenvalue weighted by Gasteiger charge is 2.30. The molecule has 6 atom stereocenters. The predicted molar refractivity (Wildman–Crippen MR) is 349 cm³/mol. The molecule has 3 N–H and O–H groups in total. The first-order valence-corrected chi connectivity index (χ1v) is 38.5. The van der Waals surface area contributed by atoms with Crippen molar-refractivity contribution in [2.45, 2.75) is 362 Å². The Kier molecular flexibility index (Phi) is 59.0. The summed E-state index contributed by atoms with van der Waals surface area (Å²) in [5.74, 6) is -0.518. The van der Waals surface area contributed by atoms with E-state index in [0.29, 0.717) is 25.7 Å². The van der Waals surface area contributed by atoms with Crippen LogP contribution in [0.3, 0.4) is 0 Å². The van der Waals surface area contributed by atoms with Crippen molar-refractivity contribution in [3.8, 4) is 0 Å². The Morgan fingerprint density at radius 1 is 0.333 bits per heavy atom. The summed E-state index contributed by atoms with van der Waals surface area (Å²) in [5.41, 5.74) is 0. The maximum Gasteiger partial charge on any atom is 0.472 e. The number of aliphatic hydroxyl groups is 1. The lowest BCUT2D eigenvalue weighted by molar-refractivity contribution is -0.161. The standard InChI is InChI=1S/C68H132O17P2/c1-7-10-12-14-30-38-44-50-65(70)78-56-63(84-67(72)52-46-40-31-15-13-11-8-2)58-82-86(74,75)80-54-62(69)55-81-87(76,77)83-59-64(57-79-66(71)51-45-39-34-28-25-24-27-33-37-43-49-61(6)9-3)85-68(73)53-47-41-35-29-23-21-19-17-16-18-20-22-26-32-36-42-48-60(4)5/h60-64,69H,7-59H2,1-6H3,(H,74,75)(H,76,77)/t61?,62-,63+,64+/m0/s1. The van der Waals surface area contributed by atoms with Crippen LogP contribution in [0.1, 0.15) is 343 Å². The number of unbranched alkanes of at least 4 members (excludes halogenated alkanes) is 36. The van der Waals surface area contributed by atoms with E-state index < -0.39 is 97.5 Å². The van der Waals surface area contributed by atoms with Crippen LogP contribution in [0.25, 0.3) is 0 Å². The van der Waals surface area contributed by atoms with Crippen LogP contribution in [0.4, 0.5) is 0 Å². The topological polar surface area (TPSA) is 237 Å². The van der Waals surface area contributed by atoms with Gasteiger partial charge in [0, 0.05) is 25.7 Å². The molecule has 0 aliphatic rings. The van der Waals surface area contributed by atoms with Crippen LogP contribution in [0.2, 0.25) is 0 Å². The molecule has 0 aromatic carbocycles. The largest absolute Gasteiger partial charge is 0.472 e. The molecule has 87 heavy (non-hydrogen) atoms. The molecule has 0 spiro atoms. The fourth-order valence-electron chi connectivity index (χ4n) is 10.2. The fourth-order valence-corrected chi connectivity index (χ4v) is 11.8. The van der Waals surface area contributed by atoms with Crippen LogP contribution in [-0.2, 0) is 65.4 Å². The summed E-state index contributed by atoms with van der Waals surface area (Å²) in [6, 6.07) is 0. The molecule has 0 radical (unpaired) electrons. The molecule has 0 rings (SSSR count). The first-order chi connectivity index (χ1) is 41.9. The number of phosphoric acid groups is 2. The van der Waals surface area contributed by atoms with Crippen molar-refractivity contribution in [1.82, 2.24) is 0 Å². The lowest BCUT2D eigenvalue weighted by atomic mass is 9.99. The van der Waals surface area contributed by atoms with Gasteiger partial charge in [0.1, 0.15) is 19.3 Å². The Hall–Kier alpha value is -1.94. The number of phosphoric ester groups is 2. The van der Waals surface area contributed by atoms with Gasteiger partial charge in [-0.05, 0) is 37.5 Å². The third-order valence-electron chi connectivity index (χ3n) is 16.1. The van der Waals surface area contributed by atoms with Gasteiger partial charge in [0.05, 0.1) is 26.4 Å². The monoisotopic (exact) mass is 1280 g/mol. The van der Waals surface area contributed by atoms with Crippen molar-refractivity contribution in [2.24, 2.45) is 11.8 Å². The molecule has 0 aromatic heterocycles. The van der Waals surface area contributed by atoms with Crippen molar-refractivity contribution in [3.05, 3.63) is 0 Å². The summed E-state index contributed by atoms with van der Waals surface area (Å²) >= 11 is 0. The second-order valence-electron chi connectivity index (χ2n) is 25.3. The number of carbonyl (C=O) groups is 4. The van der Waals surface area contributed by atoms with E-state index in [0.717, 1.165) is 127 Å². The number of hydrogen-bond acceptors (Lipinski definition) is 15. The highest BCUT2D eigenvalue weighted by molar-refractivity contribution is 7.47. The van der Waals surface area contributed by atoms with Gasteiger partial charge in [0.25, 0.3) is 0 Å². The van der Waals surface area contributed by atoms with Gasteiger partial charge < -0.3 is 33.8 Å². The number of carbonyl (C=O) groups excluding carboxylic acids is 4. The van der Waals surface area contributed by atoms with Crippen LogP contribution < -0.4 is 0 Å². The zero-order valence-corrected chi connectivity index (χ0v) is 58.1. The molecule has 0 amide bonds. The third kappa shape index (κ3) is 61.3. The van der Waals surface area contributed by atoms with Gasteiger partial charge in [-0.1, -0.05) is 292 Å². The van der Waals surface area contributed by atoms with E-state index in [1.807, 2.05) is 0 Å². The number of hydrogen-bond donors (Lipinski definition) is 3. The second kappa shape index (κ2) is 60.3. The minimum absolute atomic E-state index is 0.103. The van der Waals surface area contributed by atoms with E-state index in [2.05, 4.69) is 41.5 Å². The molecule has 516 valence electrons. The number of aliphatic hydroxyl groups excluding tert-OH is 1. The highest BCUT2D eigenvalue weighted by atomic mass is 31.2. The Morgan fingerprint density at radius 3 is 0.874 bits per heavy atom. The maximum atomic E-state index is 13.0. The molecule has 0 saturated carbocycles. The average molecular weight is 1280 g/mol. The summed E-state index contributed by atoms with van der Waals surface area (Å²) in [4.78, 5) is 72.1. The van der Waals surface area contributed by atoms with E-state index in [9.17, 15) is 43.2 Å². The van der Waals surface area contributed by atoms with Crippen LogP contribution in [-0.4, -0.2) is 96.7 Å². The lowest BCUT2D eigenvalue weighted by Crippen LogP contribution is -2.30. The summed E-state index contributed by atoms with van der Waals surface area (Å²) in [7, 11) is -9.88. The molecule has 3 unspecified atom stereocenters. The SMILES string of the molecule is CCCCCCCCCC(=O)OC[C@H](COP(=O)(O)OC[C@H](O)COP(=O)(O)OC[C@@H](COC(=O)CCCCCCCCCCCCC(C)CC)OC(=O)CCCCCCCCCCCCCCCCCCC(C)C)OC(=O)CCCCCCCCC. The van der Waals surface area contributed by atoms with Gasteiger partial charge in [0.2, 0.25) is 0 Å². The minimum atomic E-state index is -4.95. The van der Waals surface area contributed by atoms with Crippen LogP contribution in [0.5, 0.6) is 0 Å². The van der Waals surface area contributed by atoms with Gasteiger partial charge in [-0.3, -0.25) is 37.3 Å². The van der Waals surface area contributed by atoms with Gasteiger partial charge in [-0.2, -0.15) is 0 Å². The minimum Gasteiger partial charge on any atom is -0.462 e. The van der Waals surface area contributed by atoms with Crippen LogP contribution >= 0.6 is 15.6 Å². The van der Waals surface area contributed by atoms with Crippen molar-refractivity contribution in [3.63, 3.8) is 0 Å². The Balaban J connectivity index is 5.15. The average Bonchev–Trinajstić information content (AvgIpc) is 3.64. The quantitative estimate of drug-likeness (QED) is 0.0222. The molecular weight excluding hydrogens is 1150 g/mol. The van der Waals surface area contributed by atoms with Crippen molar-refractivity contribution in [1.29, 1.82) is 0 Å². The second-order valence-corrected chi connectivity index (χ2v) is 28.2. The number of rotatable bonds is 67. The molecule has 19 heteroatoms. The smallest absolute Gasteiger partial charge is 0.462 e. The molecule has 0 aromatic rings.